The monoisotopic (exact) mass is 205 g/mol. The Hall–Kier alpha value is -0.930. The molecule has 0 bridgehead atoms. The van der Waals surface area contributed by atoms with E-state index < -0.39 is 0 Å². The van der Waals surface area contributed by atoms with Crippen LogP contribution in [0.25, 0.3) is 0 Å². The Morgan fingerprint density at radius 3 is 3.20 bits per heavy atom. The maximum atomic E-state index is 5.74. The molecule has 0 aromatic carbocycles. The SMILES string of the molecule is NCC1CCCN1CCc1cccnc1. The molecule has 0 saturated carbocycles. The Balaban J connectivity index is 1.83. The number of rotatable bonds is 4. The van der Waals surface area contributed by atoms with Gasteiger partial charge in [-0.2, -0.15) is 0 Å². The zero-order chi connectivity index (χ0) is 10.5. The minimum atomic E-state index is 0.613. The smallest absolute Gasteiger partial charge is 0.0300 e. The first kappa shape index (κ1) is 10.6. The molecule has 0 amide bonds. The zero-order valence-electron chi connectivity index (χ0n) is 9.10. The van der Waals surface area contributed by atoms with Gasteiger partial charge in [0.05, 0.1) is 0 Å². The van der Waals surface area contributed by atoms with Crippen LogP contribution < -0.4 is 5.73 Å². The number of likely N-dealkylation sites (tertiary alicyclic amines) is 1. The molecule has 2 N–H and O–H groups in total. The maximum absolute atomic E-state index is 5.74. The van der Waals surface area contributed by atoms with E-state index in [4.69, 9.17) is 5.73 Å². The highest BCUT2D eigenvalue weighted by atomic mass is 15.2. The molecule has 3 heteroatoms. The van der Waals surface area contributed by atoms with Gasteiger partial charge in [-0.05, 0) is 37.4 Å². The standard InChI is InChI=1S/C12H19N3/c13-9-12-4-2-7-15(12)8-5-11-3-1-6-14-10-11/h1,3,6,10,12H,2,4-5,7-9,13H2. The van der Waals surface area contributed by atoms with E-state index in [0.29, 0.717) is 6.04 Å². The number of nitrogens with zero attached hydrogens (tertiary/aromatic N) is 2. The molecule has 1 atom stereocenters. The molecule has 1 unspecified atom stereocenters. The van der Waals surface area contributed by atoms with Crippen molar-refractivity contribution in [2.45, 2.75) is 25.3 Å². The molecular weight excluding hydrogens is 186 g/mol. The fourth-order valence-corrected chi connectivity index (χ4v) is 2.28. The van der Waals surface area contributed by atoms with E-state index in [9.17, 15) is 0 Å². The van der Waals surface area contributed by atoms with Crippen LogP contribution in [0.3, 0.4) is 0 Å². The van der Waals surface area contributed by atoms with Gasteiger partial charge >= 0.3 is 0 Å². The number of hydrogen-bond donors (Lipinski definition) is 1. The quantitative estimate of drug-likeness (QED) is 0.799. The summed E-state index contributed by atoms with van der Waals surface area (Å²) in [6, 6.07) is 4.75. The van der Waals surface area contributed by atoms with Crippen LogP contribution in [0, 0.1) is 0 Å². The van der Waals surface area contributed by atoms with Gasteiger partial charge in [0.2, 0.25) is 0 Å². The van der Waals surface area contributed by atoms with E-state index in [0.717, 1.165) is 19.5 Å². The van der Waals surface area contributed by atoms with Gasteiger partial charge in [-0.1, -0.05) is 6.07 Å². The number of hydrogen-bond acceptors (Lipinski definition) is 3. The molecule has 15 heavy (non-hydrogen) atoms. The first-order valence-electron chi connectivity index (χ1n) is 5.73. The van der Waals surface area contributed by atoms with Crippen LogP contribution in [-0.4, -0.2) is 35.6 Å². The summed E-state index contributed by atoms with van der Waals surface area (Å²) < 4.78 is 0. The molecule has 1 aromatic heterocycles. The molecular formula is C12H19N3. The lowest BCUT2D eigenvalue weighted by atomic mass is 10.2. The lowest BCUT2D eigenvalue weighted by Gasteiger charge is -2.22. The molecule has 2 heterocycles. The average Bonchev–Trinajstić information content (AvgIpc) is 2.75. The van der Waals surface area contributed by atoms with E-state index in [-0.39, 0.29) is 0 Å². The Labute approximate surface area is 91.3 Å². The molecule has 1 aliphatic heterocycles. The molecule has 1 fully saturated rings. The minimum Gasteiger partial charge on any atom is -0.329 e. The van der Waals surface area contributed by atoms with Crippen LogP contribution in [0.15, 0.2) is 24.5 Å². The summed E-state index contributed by atoms with van der Waals surface area (Å²) >= 11 is 0. The third-order valence-electron chi connectivity index (χ3n) is 3.18. The van der Waals surface area contributed by atoms with Gasteiger partial charge in [0.25, 0.3) is 0 Å². The Morgan fingerprint density at radius 1 is 1.53 bits per heavy atom. The van der Waals surface area contributed by atoms with E-state index in [1.165, 1.54) is 24.9 Å². The summed E-state index contributed by atoms with van der Waals surface area (Å²) in [7, 11) is 0. The summed E-state index contributed by atoms with van der Waals surface area (Å²) in [6.45, 7) is 3.13. The summed E-state index contributed by atoms with van der Waals surface area (Å²) in [5.74, 6) is 0. The summed E-state index contributed by atoms with van der Waals surface area (Å²) in [4.78, 5) is 6.63. The number of aromatic nitrogens is 1. The van der Waals surface area contributed by atoms with Gasteiger partial charge < -0.3 is 5.73 Å². The van der Waals surface area contributed by atoms with E-state index in [2.05, 4.69) is 16.0 Å². The van der Waals surface area contributed by atoms with Gasteiger partial charge in [0.15, 0.2) is 0 Å². The van der Waals surface area contributed by atoms with Crippen molar-refractivity contribution in [1.29, 1.82) is 0 Å². The highest BCUT2D eigenvalue weighted by Gasteiger charge is 2.22. The largest absolute Gasteiger partial charge is 0.329 e. The molecule has 0 spiro atoms. The lowest BCUT2D eigenvalue weighted by Crippen LogP contribution is -2.36. The molecule has 3 nitrogen and oxygen atoms in total. The van der Waals surface area contributed by atoms with Crippen LogP contribution in [0.1, 0.15) is 18.4 Å². The second kappa shape index (κ2) is 5.24. The van der Waals surface area contributed by atoms with E-state index in [1.54, 1.807) is 0 Å². The fourth-order valence-electron chi connectivity index (χ4n) is 2.28. The van der Waals surface area contributed by atoms with Crippen LogP contribution in [-0.2, 0) is 6.42 Å². The molecule has 0 aliphatic carbocycles. The normalized spacial score (nSPS) is 22.1. The first-order valence-corrected chi connectivity index (χ1v) is 5.73. The van der Waals surface area contributed by atoms with Crippen LogP contribution in [0.4, 0.5) is 0 Å². The summed E-state index contributed by atoms with van der Waals surface area (Å²) in [6.07, 6.45) is 7.43. The Bertz CT molecular complexity index is 286. The van der Waals surface area contributed by atoms with Crippen molar-refractivity contribution in [3.05, 3.63) is 30.1 Å². The molecule has 2 rings (SSSR count). The first-order chi connectivity index (χ1) is 7.40. The predicted molar refractivity (Wildman–Crippen MR) is 61.6 cm³/mol. The van der Waals surface area contributed by atoms with Crippen LogP contribution in [0.5, 0.6) is 0 Å². The lowest BCUT2D eigenvalue weighted by molar-refractivity contribution is 0.262. The summed E-state index contributed by atoms with van der Waals surface area (Å²) in [5.41, 5.74) is 7.06. The third-order valence-corrected chi connectivity index (χ3v) is 3.18. The van der Waals surface area contributed by atoms with Crippen molar-refractivity contribution in [2.24, 2.45) is 5.73 Å². The second-order valence-corrected chi connectivity index (χ2v) is 4.18. The van der Waals surface area contributed by atoms with E-state index in [1.807, 2.05) is 18.5 Å². The van der Waals surface area contributed by atoms with Gasteiger partial charge in [-0.15, -0.1) is 0 Å². The molecule has 1 saturated heterocycles. The molecule has 82 valence electrons. The van der Waals surface area contributed by atoms with Crippen molar-refractivity contribution in [2.75, 3.05) is 19.6 Å². The fraction of sp³-hybridized carbons (Fsp3) is 0.583. The molecule has 1 aliphatic rings. The van der Waals surface area contributed by atoms with Crippen molar-refractivity contribution in [1.82, 2.24) is 9.88 Å². The van der Waals surface area contributed by atoms with Gasteiger partial charge in [-0.3, -0.25) is 9.88 Å². The minimum absolute atomic E-state index is 0.613. The van der Waals surface area contributed by atoms with E-state index >= 15 is 0 Å². The summed E-state index contributed by atoms with van der Waals surface area (Å²) in [5, 5.41) is 0. The third kappa shape index (κ3) is 2.76. The maximum Gasteiger partial charge on any atom is 0.0300 e. The van der Waals surface area contributed by atoms with Crippen molar-refractivity contribution in [3.8, 4) is 0 Å². The van der Waals surface area contributed by atoms with Gasteiger partial charge in [0.1, 0.15) is 0 Å². The second-order valence-electron chi connectivity index (χ2n) is 4.18. The highest BCUT2D eigenvalue weighted by molar-refractivity contribution is 5.08. The number of nitrogens with two attached hydrogens (primary N) is 1. The van der Waals surface area contributed by atoms with Crippen molar-refractivity contribution in [3.63, 3.8) is 0 Å². The predicted octanol–water partition coefficient (Wildman–Crippen LogP) is 1.05. The van der Waals surface area contributed by atoms with Crippen molar-refractivity contribution < 1.29 is 0 Å². The Morgan fingerprint density at radius 2 is 2.47 bits per heavy atom. The molecule has 1 aromatic rings. The van der Waals surface area contributed by atoms with Crippen LogP contribution in [0.2, 0.25) is 0 Å². The molecule has 0 radical (unpaired) electrons. The highest BCUT2D eigenvalue weighted by Crippen LogP contribution is 2.16. The van der Waals surface area contributed by atoms with Crippen molar-refractivity contribution >= 4 is 0 Å². The number of pyridine rings is 1. The zero-order valence-corrected chi connectivity index (χ0v) is 9.10. The van der Waals surface area contributed by atoms with Gasteiger partial charge in [-0.25, -0.2) is 0 Å². The average molecular weight is 205 g/mol. The Kier molecular flexibility index (Phi) is 3.69. The topological polar surface area (TPSA) is 42.1 Å². The van der Waals surface area contributed by atoms with Gasteiger partial charge in [0, 0.05) is 31.5 Å². The van der Waals surface area contributed by atoms with Crippen LogP contribution >= 0.6 is 0 Å².